The molecule has 2 aromatic heterocycles. The van der Waals surface area contributed by atoms with Gasteiger partial charge in [0.25, 0.3) is 5.91 Å². The van der Waals surface area contributed by atoms with Crippen LogP contribution >= 0.6 is 11.3 Å². The van der Waals surface area contributed by atoms with Gasteiger partial charge in [0.2, 0.25) is 0 Å². The fourth-order valence-corrected chi connectivity index (χ4v) is 3.56. The van der Waals surface area contributed by atoms with Gasteiger partial charge in [0.15, 0.2) is 0 Å². The van der Waals surface area contributed by atoms with Crippen LogP contribution in [-0.4, -0.2) is 11.0 Å². The minimum absolute atomic E-state index is 0.0667. The summed E-state index contributed by atoms with van der Waals surface area (Å²) in [7, 11) is 0. The second kappa shape index (κ2) is 7.48. The van der Waals surface area contributed by atoms with Crippen LogP contribution in [0, 0.1) is 0 Å². The molecule has 0 spiro atoms. The van der Waals surface area contributed by atoms with E-state index in [0.29, 0.717) is 17.9 Å². The first-order valence-electron chi connectivity index (χ1n) is 8.53. The fraction of sp³-hybridized carbons (Fsp3) is 0.286. The van der Waals surface area contributed by atoms with Crippen molar-refractivity contribution in [1.29, 1.82) is 0 Å². The van der Waals surface area contributed by atoms with Crippen molar-refractivity contribution in [3.05, 3.63) is 81.4 Å². The summed E-state index contributed by atoms with van der Waals surface area (Å²) in [5.41, 5.74) is 1.91. The quantitative estimate of drug-likeness (QED) is 0.688. The third-order valence-electron chi connectivity index (χ3n) is 4.20. The zero-order valence-corrected chi connectivity index (χ0v) is 16.0. The molecule has 0 aliphatic heterocycles. The number of rotatable bonds is 5. The highest BCUT2D eigenvalue weighted by Crippen LogP contribution is 2.28. The molecule has 0 aliphatic carbocycles. The zero-order valence-electron chi connectivity index (χ0n) is 15.2. The molecule has 1 amide bonds. The van der Waals surface area contributed by atoms with Crippen molar-refractivity contribution < 1.29 is 14.3 Å². The number of carbonyl (C=O) groups excluding carboxylic acids is 1. The van der Waals surface area contributed by atoms with Gasteiger partial charge in [-0.3, -0.25) is 4.79 Å². The number of nitrogens with one attached hydrogen (secondary N) is 1. The molecule has 26 heavy (non-hydrogen) atoms. The average Bonchev–Trinajstić information content (AvgIpc) is 3.30. The molecule has 0 saturated carbocycles. The van der Waals surface area contributed by atoms with Crippen molar-refractivity contribution in [3.63, 3.8) is 0 Å². The number of amides is 1. The molecule has 2 N–H and O–H groups in total. The van der Waals surface area contributed by atoms with E-state index in [-0.39, 0.29) is 11.3 Å². The third kappa shape index (κ3) is 4.23. The Bertz CT molecular complexity index is 858. The summed E-state index contributed by atoms with van der Waals surface area (Å²) in [5.74, 6) is 0.411. The molecule has 1 unspecified atom stereocenters. The Morgan fingerprint density at radius 1 is 1.15 bits per heavy atom. The molecule has 0 bridgehead atoms. The van der Waals surface area contributed by atoms with Crippen molar-refractivity contribution in [2.45, 2.75) is 38.8 Å². The van der Waals surface area contributed by atoms with Gasteiger partial charge in [-0.25, -0.2) is 0 Å². The lowest BCUT2D eigenvalue weighted by Gasteiger charge is -2.19. The molecule has 2 heterocycles. The van der Waals surface area contributed by atoms with Crippen LogP contribution < -0.4 is 5.32 Å². The van der Waals surface area contributed by atoms with E-state index in [4.69, 9.17) is 4.42 Å². The maximum atomic E-state index is 12.3. The highest BCUT2D eigenvalue weighted by Gasteiger charge is 2.16. The molecule has 3 aromatic rings. The number of furan rings is 1. The van der Waals surface area contributed by atoms with Gasteiger partial charge in [-0.15, -0.1) is 11.3 Å². The standard InChI is InChI=1S/C21H23NO3S/c1-21(2,3)15-8-6-14(7-9-15)20(24)22-13-16-10-11-18(26-16)19(23)17-5-4-12-25-17/h4-12,19,23H,13H2,1-3H3,(H,22,24). The minimum atomic E-state index is -0.774. The summed E-state index contributed by atoms with van der Waals surface area (Å²) in [5, 5.41) is 13.2. The predicted molar refractivity (Wildman–Crippen MR) is 103 cm³/mol. The van der Waals surface area contributed by atoms with Gasteiger partial charge in [0, 0.05) is 15.3 Å². The topological polar surface area (TPSA) is 62.5 Å². The molecule has 1 atom stereocenters. The molecular weight excluding hydrogens is 346 g/mol. The Balaban J connectivity index is 1.60. The van der Waals surface area contributed by atoms with Crippen LogP contribution in [-0.2, 0) is 12.0 Å². The second-order valence-corrected chi connectivity index (χ2v) is 8.43. The lowest BCUT2D eigenvalue weighted by atomic mass is 9.87. The first-order valence-corrected chi connectivity index (χ1v) is 9.35. The number of aliphatic hydroxyl groups is 1. The maximum Gasteiger partial charge on any atom is 0.251 e. The molecular formula is C21H23NO3S. The van der Waals surface area contributed by atoms with Gasteiger partial charge < -0.3 is 14.8 Å². The average molecular weight is 369 g/mol. The van der Waals surface area contributed by atoms with Crippen LogP contribution in [0.2, 0.25) is 0 Å². The molecule has 4 nitrogen and oxygen atoms in total. The fourth-order valence-electron chi connectivity index (χ4n) is 2.61. The molecule has 1 aromatic carbocycles. The monoisotopic (exact) mass is 369 g/mol. The second-order valence-electron chi connectivity index (χ2n) is 7.23. The van der Waals surface area contributed by atoms with Gasteiger partial charge in [-0.1, -0.05) is 32.9 Å². The summed E-state index contributed by atoms with van der Waals surface area (Å²) < 4.78 is 5.24. The Hall–Kier alpha value is -2.37. The van der Waals surface area contributed by atoms with E-state index in [2.05, 4.69) is 26.1 Å². The Kier molecular flexibility index (Phi) is 5.30. The summed E-state index contributed by atoms with van der Waals surface area (Å²) in [6, 6.07) is 15.0. The van der Waals surface area contributed by atoms with Gasteiger partial charge in [-0.05, 0) is 47.4 Å². The van der Waals surface area contributed by atoms with Gasteiger partial charge in [0.05, 0.1) is 12.8 Å². The summed E-state index contributed by atoms with van der Waals surface area (Å²) in [4.78, 5) is 14.1. The molecule has 0 fully saturated rings. The van der Waals surface area contributed by atoms with Crippen molar-refractivity contribution >= 4 is 17.2 Å². The van der Waals surface area contributed by atoms with Crippen molar-refractivity contribution in [2.24, 2.45) is 0 Å². The Morgan fingerprint density at radius 2 is 1.88 bits per heavy atom. The Morgan fingerprint density at radius 3 is 2.50 bits per heavy atom. The van der Waals surface area contributed by atoms with Gasteiger partial charge in [0.1, 0.15) is 11.9 Å². The molecule has 0 radical (unpaired) electrons. The van der Waals surface area contributed by atoms with Gasteiger partial charge in [-0.2, -0.15) is 0 Å². The Labute approximate surface area is 157 Å². The number of hydrogen-bond acceptors (Lipinski definition) is 4. The number of carbonyl (C=O) groups is 1. The van der Waals surface area contributed by atoms with Crippen LogP contribution in [0.25, 0.3) is 0 Å². The summed E-state index contributed by atoms with van der Waals surface area (Å²) in [6.45, 7) is 6.87. The van der Waals surface area contributed by atoms with Crippen LogP contribution in [0.3, 0.4) is 0 Å². The minimum Gasteiger partial charge on any atom is -0.466 e. The number of aliphatic hydroxyl groups excluding tert-OH is 1. The van der Waals surface area contributed by atoms with Crippen LogP contribution in [0.15, 0.2) is 59.2 Å². The zero-order chi connectivity index (χ0) is 18.7. The molecule has 136 valence electrons. The third-order valence-corrected chi connectivity index (χ3v) is 5.34. The summed E-state index contributed by atoms with van der Waals surface area (Å²) in [6.07, 6.45) is 0.766. The predicted octanol–water partition coefficient (Wildman–Crippen LogP) is 4.65. The first kappa shape index (κ1) is 18.4. The van der Waals surface area contributed by atoms with Crippen molar-refractivity contribution in [3.8, 4) is 0 Å². The van der Waals surface area contributed by atoms with E-state index in [1.165, 1.54) is 23.2 Å². The molecule has 0 saturated heterocycles. The van der Waals surface area contributed by atoms with E-state index >= 15 is 0 Å². The molecule has 0 aliphatic rings. The largest absolute Gasteiger partial charge is 0.466 e. The van der Waals surface area contributed by atoms with Crippen molar-refractivity contribution in [1.82, 2.24) is 5.32 Å². The normalized spacial score (nSPS) is 12.8. The molecule has 3 rings (SSSR count). The smallest absolute Gasteiger partial charge is 0.251 e. The van der Waals surface area contributed by atoms with E-state index < -0.39 is 6.10 Å². The maximum absolute atomic E-state index is 12.3. The van der Waals surface area contributed by atoms with Crippen LogP contribution in [0.4, 0.5) is 0 Å². The lowest BCUT2D eigenvalue weighted by molar-refractivity contribution is 0.0951. The van der Waals surface area contributed by atoms with E-state index in [1.54, 1.807) is 12.1 Å². The number of hydrogen-bond donors (Lipinski definition) is 2. The lowest BCUT2D eigenvalue weighted by Crippen LogP contribution is -2.22. The first-order chi connectivity index (χ1) is 12.3. The number of thiophene rings is 1. The highest BCUT2D eigenvalue weighted by atomic mass is 32.1. The summed E-state index contributed by atoms with van der Waals surface area (Å²) >= 11 is 1.46. The van der Waals surface area contributed by atoms with E-state index in [9.17, 15) is 9.90 Å². The molecule has 5 heteroatoms. The van der Waals surface area contributed by atoms with E-state index in [0.717, 1.165) is 9.75 Å². The van der Waals surface area contributed by atoms with Crippen LogP contribution in [0.1, 0.15) is 58.3 Å². The van der Waals surface area contributed by atoms with Crippen molar-refractivity contribution in [2.75, 3.05) is 0 Å². The van der Waals surface area contributed by atoms with Gasteiger partial charge >= 0.3 is 0 Å². The SMILES string of the molecule is CC(C)(C)c1ccc(C(=O)NCc2ccc(C(O)c3ccco3)s2)cc1. The van der Waals surface area contributed by atoms with Crippen LogP contribution in [0.5, 0.6) is 0 Å². The van der Waals surface area contributed by atoms with E-state index in [1.807, 2.05) is 36.4 Å². The number of benzene rings is 1. The highest BCUT2D eigenvalue weighted by molar-refractivity contribution is 7.12.